The smallest absolute Gasteiger partial charge is 0.191 e. The summed E-state index contributed by atoms with van der Waals surface area (Å²) in [4.78, 5) is 8.54. The van der Waals surface area contributed by atoms with Gasteiger partial charge in [0.25, 0.3) is 0 Å². The zero-order valence-electron chi connectivity index (χ0n) is 16.8. The van der Waals surface area contributed by atoms with Gasteiger partial charge in [-0.1, -0.05) is 48.0 Å². The van der Waals surface area contributed by atoms with Gasteiger partial charge >= 0.3 is 0 Å². The van der Waals surface area contributed by atoms with E-state index in [9.17, 15) is 0 Å². The molecule has 0 aliphatic carbocycles. The third kappa shape index (κ3) is 7.73. The number of halogens is 1. The van der Waals surface area contributed by atoms with Gasteiger partial charge in [0.2, 0.25) is 0 Å². The standard InChI is InChI=1S/C23H26N4O.HI/c1-18-6-5-7-20(14-18)16-27-23(24-2)26-15-19-9-11-22(12-10-19)28-17-21-8-3-4-13-25-21;/h3-14H,15-17H2,1-2H3,(H2,24,26,27);1H. The molecule has 5 nitrogen and oxygen atoms in total. The first kappa shape index (κ1) is 22.7. The Bertz CT molecular complexity index is 898. The second-order valence-corrected chi connectivity index (χ2v) is 6.52. The highest BCUT2D eigenvalue weighted by Crippen LogP contribution is 2.13. The average Bonchev–Trinajstić information content (AvgIpc) is 2.74. The lowest BCUT2D eigenvalue weighted by molar-refractivity contribution is 0.301. The minimum absolute atomic E-state index is 0. The molecule has 2 N–H and O–H groups in total. The average molecular weight is 502 g/mol. The second kappa shape index (κ2) is 12.1. The lowest BCUT2D eigenvalue weighted by Crippen LogP contribution is -2.36. The molecular formula is C23H27IN4O. The number of ether oxygens (including phenoxy) is 1. The first-order chi connectivity index (χ1) is 13.7. The van der Waals surface area contributed by atoms with Crippen molar-refractivity contribution in [3.8, 4) is 5.75 Å². The van der Waals surface area contributed by atoms with E-state index >= 15 is 0 Å². The van der Waals surface area contributed by atoms with Gasteiger partial charge in [-0.2, -0.15) is 0 Å². The zero-order chi connectivity index (χ0) is 19.6. The highest BCUT2D eigenvalue weighted by atomic mass is 127. The van der Waals surface area contributed by atoms with Gasteiger partial charge in [-0.15, -0.1) is 24.0 Å². The minimum atomic E-state index is 0. The van der Waals surface area contributed by atoms with Crippen molar-refractivity contribution in [3.63, 3.8) is 0 Å². The normalized spacial score (nSPS) is 10.8. The molecule has 0 fully saturated rings. The van der Waals surface area contributed by atoms with Gasteiger partial charge in [-0.3, -0.25) is 9.98 Å². The van der Waals surface area contributed by atoms with E-state index in [0.717, 1.165) is 29.5 Å². The third-order valence-electron chi connectivity index (χ3n) is 4.26. The Kier molecular flexibility index (Phi) is 9.43. The van der Waals surface area contributed by atoms with E-state index in [0.29, 0.717) is 13.2 Å². The Hall–Kier alpha value is -2.61. The maximum atomic E-state index is 5.77. The molecule has 3 rings (SSSR count). The van der Waals surface area contributed by atoms with Crippen molar-refractivity contribution in [2.45, 2.75) is 26.6 Å². The molecule has 152 valence electrons. The van der Waals surface area contributed by atoms with Crippen LogP contribution in [0.2, 0.25) is 0 Å². The quantitative estimate of drug-likeness (QED) is 0.285. The Balaban J connectivity index is 0.00000300. The van der Waals surface area contributed by atoms with Crippen molar-refractivity contribution in [2.24, 2.45) is 4.99 Å². The van der Waals surface area contributed by atoms with Crippen molar-refractivity contribution in [1.82, 2.24) is 15.6 Å². The number of benzene rings is 2. The maximum Gasteiger partial charge on any atom is 0.191 e. The molecule has 0 unspecified atom stereocenters. The van der Waals surface area contributed by atoms with Gasteiger partial charge in [0, 0.05) is 26.3 Å². The molecule has 1 heterocycles. The summed E-state index contributed by atoms with van der Waals surface area (Å²) in [6.07, 6.45) is 1.77. The number of rotatable bonds is 7. The number of guanidine groups is 1. The van der Waals surface area contributed by atoms with E-state index in [1.165, 1.54) is 11.1 Å². The van der Waals surface area contributed by atoms with Gasteiger partial charge in [-0.25, -0.2) is 0 Å². The second-order valence-electron chi connectivity index (χ2n) is 6.52. The highest BCUT2D eigenvalue weighted by Gasteiger charge is 2.01. The lowest BCUT2D eigenvalue weighted by Gasteiger charge is -2.13. The van der Waals surface area contributed by atoms with Crippen molar-refractivity contribution >= 4 is 29.9 Å². The van der Waals surface area contributed by atoms with Crippen LogP contribution in [0.5, 0.6) is 5.75 Å². The van der Waals surface area contributed by atoms with Crippen LogP contribution in [0.25, 0.3) is 0 Å². The fraction of sp³-hybridized carbons (Fsp3) is 0.217. The molecule has 0 aliphatic heterocycles. The Labute approximate surface area is 189 Å². The molecule has 0 spiro atoms. The van der Waals surface area contributed by atoms with E-state index in [1.54, 1.807) is 13.2 Å². The predicted octanol–water partition coefficient (Wildman–Crippen LogP) is 4.45. The predicted molar refractivity (Wildman–Crippen MR) is 129 cm³/mol. The van der Waals surface area contributed by atoms with E-state index in [-0.39, 0.29) is 24.0 Å². The Morgan fingerprint density at radius 1 is 0.931 bits per heavy atom. The van der Waals surface area contributed by atoms with Gasteiger partial charge in [0.15, 0.2) is 5.96 Å². The molecule has 3 aromatic rings. The summed E-state index contributed by atoms with van der Waals surface area (Å²) in [5.74, 6) is 1.60. The molecule has 2 aromatic carbocycles. The monoisotopic (exact) mass is 502 g/mol. The van der Waals surface area contributed by atoms with Crippen LogP contribution >= 0.6 is 24.0 Å². The Morgan fingerprint density at radius 2 is 1.69 bits per heavy atom. The SMILES string of the molecule is CN=C(NCc1ccc(OCc2ccccn2)cc1)NCc1cccc(C)c1.I. The number of aryl methyl sites for hydroxylation is 1. The van der Waals surface area contributed by atoms with Crippen LogP contribution in [0.4, 0.5) is 0 Å². The number of aromatic nitrogens is 1. The van der Waals surface area contributed by atoms with E-state index in [2.05, 4.69) is 63.9 Å². The first-order valence-electron chi connectivity index (χ1n) is 9.34. The summed E-state index contributed by atoms with van der Waals surface area (Å²) in [7, 11) is 1.78. The molecule has 6 heteroatoms. The first-order valence-corrected chi connectivity index (χ1v) is 9.34. The summed E-state index contributed by atoms with van der Waals surface area (Å²) in [6, 6.07) is 22.3. The molecule has 0 saturated carbocycles. The van der Waals surface area contributed by atoms with Crippen LogP contribution in [0.1, 0.15) is 22.4 Å². The summed E-state index contributed by atoms with van der Waals surface area (Å²) in [5, 5.41) is 6.68. The zero-order valence-corrected chi connectivity index (χ0v) is 19.1. The van der Waals surface area contributed by atoms with Gasteiger partial charge < -0.3 is 15.4 Å². The Morgan fingerprint density at radius 3 is 2.34 bits per heavy atom. The van der Waals surface area contributed by atoms with Crippen LogP contribution in [0.15, 0.2) is 77.9 Å². The number of hydrogen-bond donors (Lipinski definition) is 2. The summed E-state index contributed by atoms with van der Waals surface area (Å²) in [5.41, 5.74) is 4.56. The largest absolute Gasteiger partial charge is 0.487 e. The molecule has 0 atom stereocenters. The fourth-order valence-electron chi connectivity index (χ4n) is 2.76. The number of nitrogens with zero attached hydrogens (tertiary/aromatic N) is 2. The van der Waals surface area contributed by atoms with Crippen LogP contribution in [0, 0.1) is 6.92 Å². The van der Waals surface area contributed by atoms with Crippen LogP contribution in [-0.2, 0) is 19.7 Å². The lowest BCUT2D eigenvalue weighted by atomic mass is 10.1. The van der Waals surface area contributed by atoms with Gasteiger partial charge in [-0.05, 0) is 42.3 Å². The maximum absolute atomic E-state index is 5.77. The number of nitrogens with one attached hydrogen (secondary N) is 2. The number of aliphatic imine (C=N–C) groups is 1. The van der Waals surface area contributed by atoms with Crippen molar-refractivity contribution in [3.05, 3.63) is 95.3 Å². The third-order valence-corrected chi connectivity index (χ3v) is 4.26. The minimum Gasteiger partial charge on any atom is -0.487 e. The van der Waals surface area contributed by atoms with Crippen molar-refractivity contribution in [1.29, 1.82) is 0 Å². The van der Waals surface area contributed by atoms with E-state index in [4.69, 9.17) is 4.74 Å². The molecular weight excluding hydrogens is 475 g/mol. The molecule has 0 radical (unpaired) electrons. The van der Waals surface area contributed by atoms with Crippen molar-refractivity contribution < 1.29 is 4.74 Å². The molecule has 29 heavy (non-hydrogen) atoms. The molecule has 1 aromatic heterocycles. The summed E-state index contributed by atoms with van der Waals surface area (Å²) >= 11 is 0. The van der Waals surface area contributed by atoms with Gasteiger partial charge in [0.05, 0.1) is 5.69 Å². The van der Waals surface area contributed by atoms with Crippen LogP contribution in [-0.4, -0.2) is 18.0 Å². The van der Waals surface area contributed by atoms with Crippen molar-refractivity contribution in [2.75, 3.05) is 7.05 Å². The molecule has 0 amide bonds. The molecule has 0 saturated heterocycles. The topological polar surface area (TPSA) is 58.5 Å². The van der Waals surface area contributed by atoms with Crippen LogP contribution < -0.4 is 15.4 Å². The molecule has 0 aliphatic rings. The van der Waals surface area contributed by atoms with E-state index in [1.807, 2.05) is 30.3 Å². The summed E-state index contributed by atoms with van der Waals surface area (Å²) in [6.45, 7) is 3.99. The number of pyridine rings is 1. The highest BCUT2D eigenvalue weighted by molar-refractivity contribution is 14.0. The van der Waals surface area contributed by atoms with E-state index < -0.39 is 0 Å². The molecule has 0 bridgehead atoms. The summed E-state index contributed by atoms with van der Waals surface area (Å²) < 4.78 is 5.77. The number of hydrogen-bond acceptors (Lipinski definition) is 3. The fourth-order valence-corrected chi connectivity index (χ4v) is 2.76. The van der Waals surface area contributed by atoms with Crippen LogP contribution in [0.3, 0.4) is 0 Å². The van der Waals surface area contributed by atoms with Gasteiger partial charge in [0.1, 0.15) is 12.4 Å².